The van der Waals surface area contributed by atoms with Crippen LogP contribution >= 0.6 is 0 Å². The molecular formula is C11H15NO3S. The predicted molar refractivity (Wildman–Crippen MR) is 61.9 cm³/mol. The maximum absolute atomic E-state index is 11.3. The number of benzene rings is 1. The van der Waals surface area contributed by atoms with Crippen LogP contribution in [0.5, 0.6) is 0 Å². The second kappa shape index (κ2) is 4.07. The lowest BCUT2D eigenvalue weighted by Crippen LogP contribution is -2.06. The minimum absolute atomic E-state index is 0.0283. The molecule has 0 aromatic heterocycles. The van der Waals surface area contributed by atoms with E-state index in [0.717, 1.165) is 25.7 Å². The molecule has 0 unspecified atom stereocenters. The Kier molecular flexibility index (Phi) is 2.90. The van der Waals surface area contributed by atoms with Crippen LogP contribution in [-0.2, 0) is 10.1 Å². The van der Waals surface area contributed by atoms with Crippen molar-refractivity contribution in [2.45, 2.75) is 36.5 Å². The van der Waals surface area contributed by atoms with E-state index in [1.807, 2.05) is 0 Å². The number of hydrogen-bond acceptors (Lipinski definition) is 3. The summed E-state index contributed by atoms with van der Waals surface area (Å²) in [6.07, 6.45) is 4.18. The van der Waals surface area contributed by atoms with Crippen LogP contribution in [0.2, 0.25) is 0 Å². The second-order valence-electron chi connectivity index (χ2n) is 4.25. The first kappa shape index (κ1) is 11.4. The highest BCUT2D eigenvalue weighted by Gasteiger charge is 2.24. The molecule has 5 heteroatoms. The molecule has 2 rings (SSSR count). The van der Waals surface area contributed by atoms with Gasteiger partial charge in [0.2, 0.25) is 0 Å². The molecule has 0 saturated heterocycles. The van der Waals surface area contributed by atoms with E-state index >= 15 is 0 Å². The Labute approximate surface area is 95.2 Å². The molecule has 0 atom stereocenters. The summed E-state index contributed by atoms with van der Waals surface area (Å²) in [5, 5.41) is 0. The normalized spacial score (nSPS) is 17.8. The van der Waals surface area contributed by atoms with Gasteiger partial charge in [-0.1, -0.05) is 18.9 Å². The van der Waals surface area contributed by atoms with E-state index in [9.17, 15) is 13.0 Å². The molecule has 0 bridgehead atoms. The number of nitrogens with two attached hydrogens (primary N) is 1. The fourth-order valence-corrected chi connectivity index (χ4v) is 3.17. The van der Waals surface area contributed by atoms with Crippen molar-refractivity contribution in [3.8, 4) is 0 Å². The molecule has 3 N–H and O–H groups in total. The zero-order chi connectivity index (χ0) is 11.8. The fraction of sp³-hybridized carbons (Fsp3) is 0.455. The van der Waals surface area contributed by atoms with Crippen LogP contribution in [0.15, 0.2) is 23.1 Å². The van der Waals surface area contributed by atoms with Crippen LogP contribution in [0.3, 0.4) is 0 Å². The van der Waals surface area contributed by atoms with Crippen molar-refractivity contribution in [3.05, 3.63) is 23.8 Å². The van der Waals surface area contributed by atoms with Crippen LogP contribution in [0.4, 0.5) is 5.69 Å². The van der Waals surface area contributed by atoms with Crippen molar-refractivity contribution in [1.29, 1.82) is 0 Å². The van der Waals surface area contributed by atoms with Gasteiger partial charge in [0, 0.05) is 5.69 Å². The average Bonchev–Trinajstić information content (AvgIpc) is 2.69. The summed E-state index contributed by atoms with van der Waals surface area (Å²) < 4.78 is 31.7. The molecular weight excluding hydrogens is 226 g/mol. The van der Waals surface area contributed by atoms with Gasteiger partial charge in [0.25, 0.3) is 10.1 Å². The fourth-order valence-electron chi connectivity index (χ4n) is 2.35. The van der Waals surface area contributed by atoms with Crippen LogP contribution in [0.25, 0.3) is 0 Å². The van der Waals surface area contributed by atoms with Gasteiger partial charge in [0.1, 0.15) is 0 Å². The van der Waals surface area contributed by atoms with E-state index in [1.165, 1.54) is 6.07 Å². The molecule has 1 aliphatic carbocycles. The van der Waals surface area contributed by atoms with E-state index in [1.54, 1.807) is 12.1 Å². The molecule has 1 aliphatic rings. The van der Waals surface area contributed by atoms with Gasteiger partial charge in [-0.25, -0.2) is 0 Å². The molecule has 1 fully saturated rings. The van der Waals surface area contributed by atoms with Gasteiger partial charge in [-0.15, -0.1) is 0 Å². The lowest BCUT2D eigenvalue weighted by atomic mass is 9.97. The highest BCUT2D eigenvalue weighted by Crippen LogP contribution is 2.37. The second-order valence-corrected chi connectivity index (χ2v) is 5.64. The van der Waals surface area contributed by atoms with E-state index in [0.29, 0.717) is 11.3 Å². The average molecular weight is 241 g/mol. The Bertz CT molecular complexity index is 490. The van der Waals surface area contributed by atoms with Gasteiger partial charge in [0.15, 0.2) is 0 Å². The third kappa shape index (κ3) is 2.20. The molecule has 1 saturated carbocycles. The number of anilines is 1. The Morgan fingerprint density at radius 3 is 2.44 bits per heavy atom. The molecule has 0 heterocycles. The van der Waals surface area contributed by atoms with Gasteiger partial charge < -0.3 is 5.73 Å². The van der Waals surface area contributed by atoms with Crippen molar-refractivity contribution >= 4 is 15.8 Å². The quantitative estimate of drug-likeness (QED) is 0.614. The summed E-state index contributed by atoms with van der Waals surface area (Å²) in [5.41, 5.74) is 6.61. The summed E-state index contributed by atoms with van der Waals surface area (Å²) in [7, 11) is -4.17. The molecule has 88 valence electrons. The van der Waals surface area contributed by atoms with Crippen molar-refractivity contribution < 1.29 is 13.0 Å². The summed E-state index contributed by atoms with van der Waals surface area (Å²) in [6.45, 7) is 0. The zero-order valence-electron chi connectivity index (χ0n) is 8.89. The van der Waals surface area contributed by atoms with Crippen LogP contribution in [-0.4, -0.2) is 13.0 Å². The number of nitrogen functional groups attached to an aromatic ring is 1. The zero-order valence-corrected chi connectivity index (χ0v) is 9.70. The summed E-state index contributed by atoms with van der Waals surface area (Å²) in [5.74, 6) is 0.234. The molecule has 16 heavy (non-hydrogen) atoms. The minimum Gasteiger partial charge on any atom is -0.399 e. The van der Waals surface area contributed by atoms with Crippen molar-refractivity contribution in [2.24, 2.45) is 0 Å². The molecule has 1 aromatic rings. The topological polar surface area (TPSA) is 80.4 Å². The Morgan fingerprint density at radius 2 is 1.88 bits per heavy atom. The van der Waals surface area contributed by atoms with E-state index in [-0.39, 0.29) is 10.8 Å². The molecule has 4 nitrogen and oxygen atoms in total. The third-order valence-electron chi connectivity index (χ3n) is 3.11. The number of rotatable bonds is 2. The Morgan fingerprint density at radius 1 is 1.25 bits per heavy atom. The van der Waals surface area contributed by atoms with E-state index in [2.05, 4.69) is 0 Å². The Balaban J connectivity index is 2.52. The Hall–Kier alpha value is -1.07. The summed E-state index contributed by atoms with van der Waals surface area (Å²) in [4.78, 5) is -0.0283. The van der Waals surface area contributed by atoms with Gasteiger partial charge in [-0.05, 0) is 36.5 Å². The van der Waals surface area contributed by atoms with Crippen molar-refractivity contribution in [2.75, 3.05) is 5.73 Å². The van der Waals surface area contributed by atoms with Crippen molar-refractivity contribution in [3.63, 3.8) is 0 Å². The third-order valence-corrected chi connectivity index (χ3v) is 4.02. The van der Waals surface area contributed by atoms with E-state index < -0.39 is 10.1 Å². The lowest BCUT2D eigenvalue weighted by Gasteiger charge is -2.13. The first-order valence-electron chi connectivity index (χ1n) is 5.35. The van der Waals surface area contributed by atoms with Crippen LogP contribution in [0, 0.1) is 0 Å². The van der Waals surface area contributed by atoms with Crippen molar-refractivity contribution in [1.82, 2.24) is 0 Å². The van der Waals surface area contributed by atoms with Gasteiger partial charge in [-0.2, -0.15) is 8.42 Å². The largest absolute Gasteiger partial charge is 0.399 e. The maximum atomic E-state index is 11.3. The summed E-state index contributed by atoms with van der Waals surface area (Å²) >= 11 is 0. The monoisotopic (exact) mass is 241 g/mol. The van der Waals surface area contributed by atoms with Gasteiger partial charge >= 0.3 is 0 Å². The SMILES string of the molecule is Nc1ccc(C2CCCC2)c(S(=O)(=O)O)c1. The van der Waals surface area contributed by atoms with Crippen LogP contribution < -0.4 is 5.73 Å². The first-order chi connectivity index (χ1) is 7.48. The lowest BCUT2D eigenvalue weighted by molar-refractivity contribution is 0.480. The smallest absolute Gasteiger partial charge is 0.294 e. The molecule has 0 spiro atoms. The molecule has 0 aliphatic heterocycles. The first-order valence-corrected chi connectivity index (χ1v) is 6.79. The standard InChI is InChI=1S/C11H15NO3S/c12-9-5-6-10(8-3-1-2-4-8)11(7-9)16(13,14)15/h5-8H,1-4,12H2,(H,13,14,15). The maximum Gasteiger partial charge on any atom is 0.294 e. The number of hydrogen-bond donors (Lipinski definition) is 2. The highest BCUT2D eigenvalue weighted by atomic mass is 32.2. The summed E-state index contributed by atoms with van der Waals surface area (Å²) in [6, 6.07) is 4.74. The van der Waals surface area contributed by atoms with Gasteiger partial charge in [-0.3, -0.25) is 4.55 Å². The minimum atomic E-state index is -4.17. The van der Waals surface area contributed by atoms with E-state index in [4.69, 9.17) is 5.73 Å². The molecule has 1 aromatic carbocycles. The van der Waals surface area contributed by atoms with Crippen LogP contribution in [0.1, 0.15) is 37.2 Å². The molecule has 0 radical (unpaired) electrons. The predicted octanol–water partition coefficient (Wildman–Crippen LogP) is 2.17. The highest BCUT2D eigenvalue weighted by molar-refractivity contribution is 7.85. The van der Waals surface area contributed by atoms with Gasteiger partial charge in [0.05, 0.1) is 4.90 Å². The molecule has 0 amide bonds.